The monoisotopic (exact) mass is 270 g/mol. The van der Waals surface area contributed by atoms with E-state index in [1.807, 2.05) is 0 Å². The van der Waals surface area contributed by atoms with Gasteiger partial charge in [-0.1, -0.05) is 18.2 Å². The molecule has 0 bridgehead atoms. The van der Waals surface area contributed by atoms with Crippen LogP contribution in [0.15, 0.2) is 16.0 Å². The van der Waals surface area contributed by atoms with Crippen LogP contribution >= 0.6 is 11.8 Å². The molecule has 0 aromatic carbocycles. The second-order valence-corrected chi connectivity index (χ2v) is 5.00. The molecule has 1 amide bonds. The summed E-state index contributed by atoms with van der Waals surface area (Å²) in [7, 11) is 0. The third-order valence-electron chi connectivity index (χ3n) is 2.30. The predicted octanol–water partition coefficient (Wildman–Crippen LogP) is 0.721. The number of aryl methyl sites for hydroxylation is 1. The lowest BCUT2D eigenvalue weighted by molar-refractivity contribution is -0.121. The number of nitrogens with zero attached hydrogens (tertiary/aromatic N) is 1. The Morgan fingerprint density at radius 1 is 1.50 bits per heavy atom. The summed E-state index contributed by atoms with van der Waals surface area (Å²) in [5.74, 6) is 5.71. The molecule has 0 unspecified atom stereocenters. The fourth-order valence-corrected chi connectivity index (χ4v) is 2.35. The van der Waals surface area contributed by atoms with Gasteiger partial charge in [0, 0.05) is 23.9 Å². The largest absolute Gasteiger partial charge is 0.301 e. The highest BCUT2D eigenvalue weighted by atomic mass is 32.2. The molecule has 100 valence electrons. The average Bonchev–Trinajstić information content (AvgIpc) is 2.32. The first-order valence-corrected chi connectivity index (χ1v) is 6.80. The molecule has 1 rings (SSSR count). The molecule has 1 aromatic heterocycles. The van der Waals surface area contributed by atoms with Crippen molar-refractivity contribution in [3.05, 3.63) is 22.1 Å². The van der Waals surface area contributed by atoms with Gasteiger partial charge in [-0.2, -0.15) is 0 Å². The molecule has 0 saturated heterocycles. The number of nitrogens with one attached hydrogen (secondary N) is 2. The molecule has 1 heterocycles. The highest BCUT2D eigenvalue weighted by Crippen LogP contribution is 2.14. The maximum Gasteiger partial charge on any atom is 0.251 e. The molecule has 0 fully saturated rings. The fraction of sp³-hybridized carbons (Fsp3) is 0.545. The van der Waals surface area contributed by atoms with E-state index in [0.29, 0.717) is 11.6 Å². The number of thioether (sulfide) groups is 1. The minimum absolute atomic E-state index is 0.121. The van der Waals surface area contributed by atoms with Crippen LogP contribution in [-0.2, 0) is 4.79 Å². The lowest BCUT2D eigenvalue weighted by Gasteiger charge is -2.02. The van der Waals surface area contributed by atoms with E-state index in [-0.39, 0.29) is 11.5 Å². The SMILES string of the molecule is Cc1cc(=O)[nH]c(SCCCCCC(=O)NN)n1. The van der Waals surface area contributed by atoms with Crippen LogP contribution in [0, 0.1) is 6.92 Å². The van der Waals surface area contributed by atoms with Crippen molar-refractivity contribution in [3.63, 3.8) is 0 Å². The van der Waals surface area contributed by atoms with E-state index in [9.17, 15) is 9.59 Å². The summed E-state index contributed by atoms with van der Waals surface area (Å²) in [5, 5.41) is 0.653. The van der Waals surface area contributed by atoms with Gasteiger partial charge >= 0.3 is 0 Å². The molecule has 1 aromatic rings. The van der Waals surface area contributed by atoms with Gasteiger partial charge in [-0.15, -0.1) is 0 Å². The quantitative estimate of drug-likeness (QED) is 0.169. The Kier molecular flexibility index (Phi) is 6.45. The molecule has 0 aliphatic rings. The zero-order valence-electron chi connectivity index (χ0n) is 10.4. The fourth-order valence-electron chi connectivity index (χ4n) is 1.43. The summed E-state index contributed by atoms with van der Waals surface area (Å²) in [5.41, 5.74) is 2.70. The topological polar surface area (TPSA) is 101 Å². The van der Waals surface area contributed by atoms with Crippen LogP contribution in [0.1, 0.15) is 31.4 Å². The second kappa shape index (κ2) is 7.88. The first kappa shape index (κ1) is 14.7. The average molecular weight is 270 g/mol. The Bertz CT molecular complexity index is 447. The Balaban J connectivity index is 2.18. The van der Waals surface area contributed by atoms with Crippen LogP contribution in [0.4, 0.5) is 0 Å². The van der Waals surface area contributed by atoms with E-state index < -0.39 is 0 Å². The van der Waals surface area contributed by atoms with E-state index in [0.717, 1.165) is 30.7 Å². The standard InChI is InChI=1S/C11H18N4O2S/c1-8-7-10(17)14-11(13-8)18-6-4-2-3-5-9(16)15-12/h7H,2-6,12H2,1H3,(H,15,16)(H,13,14,17). The van der Waals surface area contributed by atoms with Crippen LogP contribution in [0.5, 0.6) is 0 Å². The van der Waals surface area contributed by atoms with Crippen molar-refractivity contribution < 1.29 is 4.79 Å². The summed E-state index contributed by atoms with van der Waals surface area (Å²) in [4.78, 5) is 28.9. The van der Waals surface area contributed by atoms with Gasteiger partial charge < -0.3 is 4.98 Å². The number of hydrazine groups is 1. The molecule has 18 heavy (non-hydrogen) atoms. The molecule has 0 aliphatic carbocycles. The Hall–Kier alpha value is -1.34. The van der Waals surface area contributed by atoms with Crippen LogP contribution in [0.3, 0.4) is 0 Å². The van der Waals surface area contributed by atoms with Crippen LogP contribution in [0.2, 0.25) is 0 Å². The number of amides is 1. The summed E-state index contributed by atoms with van der Waals surface area (Å²) in [6, 6.07) is 1.47. The molecule has 0 radical (unpaired) electrons. The maximum atomic E-state index is 11.2. The minimum atomic E-state index is -0.132. The molecule has 0 aliphatic heterocycles. The lowest BCUT2D eigenvalue weighted by atomic mass is 10.2. The molecule has 6 nitrogen and oxygen atoms in total. The van der Waals surface area contributed by atoms with E-state index in [4.69, 9.17) is 5.84 Å². The van der Waals surface area contributed by atoms with Crippen molar-refractivity contribution in [3.8, 4) is 0 Å². The molecular formula is C11H18N4O2S. The normalized spacial score (nSPS) is 10.3. The summed E-state index contributed by atoms with van der Waals surface area (Å²) in [6.07, 6.45) is 3.21. The number of carbonyl (C=O) groups excluding carboxylic acids is 1. The van der Waals surface area contributed by atoms with Crippen molar-refractivity contribution in [2.24, 2.45) is 5.84 Å². The van der Waals surface area contributed by atoms with Crippen LogP contribution in [0.25, 0.3) is 0 Å². The number of rotatable bonds is 7. The first-order chi connectivity index (χ1) is 8.61. The van der Waals surface area contributed by atoms with Gasteiger partial charge in [0.1, 0.15) is 0 Å². The van der Waals surface area contributed by atoms with Gasteiger partial charge in [0.25, 0.3) is 5.56 Å². The third kappa shape index (κ3) is 5.83. The summed E-state index contributed by atoms with van der Waals surface area (Å²) >= 11 is 1.52. The van der Waals surface area contributed by atoms with E-state index in [2.05, 4.69) is 15.4 Å². The van der Waals surface area contributed by atoms with E-state index in [1.165, 1.54) is 17.8 Å². The molecule has 7 heteroatoms. The minimum Gasteiger partial charge on any atom is -0.301 e. The predicted molar refractivity (Wildman–Crippen MR) is 71.1 cm³/mol. The molecule has 4 N–H and O–H groups in total. The smallest absolute Gasteiger partial charge is 0.251 e. The van der Waals surface area contributed by atoms with Crippen molar-refractivity contribution in [1.29, 1.82) is 0 Å². The van der Waals surface area contributed by atoms with E-state index >= 15 is 0 Å². The summed E-state index contributed by atoms with van der Waals surface area (Å²) < 4.78 is 0. The number of hydrogen-bond acceptors (Lipinski definition) is 5. The zero-order valence-corrected chi connectivity index (χ0v) is 11.2. The number of nitrogens with two attached hydrogens (primary N) is 1. The molecule has 0 saturated carbocycles. The van der Waals surface area contributed by atoms with Gasteiger partial charge in [-0.05, 0) is 19.8 Å². The highest BCUT2D eigenvalue weighted by molar-refractivity contribution is 7.99. The first-order valence-electron chi connectivity index (χ1n) is 5.82. The van der Waals surface area contributed by atoms with Gasteiger partial charge in [-0.3, -0.25) is 15.0 Å². The molecular weight excluding hydrogens is 252 g/mol. The third-order valence-corrected chi connectivity index (χ3v) is 3.26. The van der Waals surface area contributed by atoms with Crippen LogP contribution in [-0.4, -0.2) is 21.6 Å². The molecule has 0 spiro atoms. The molecule has 0 atom stereocenters. The van der Waals surface area contributed by atoms with Crippen molar-refractivity contribution in [2.45, 2.75) is 37.8 Å². The van der Waals surface area contributed by atoms with Crippen molar-refractivity contribution in [1.82, 2.24) is 15.4 Å². The number of carbonyl (C=O) groups is 1. The lowest BCUT2D eigenvalue weighted by Crippen LogP contribution is -2.29. The zero-order chi connectivity index (χ0) is 13.4. The number of hydrogen-bond donors (Lipinski definition) is 3. The Labute approximate surface area is 110 Å². The number of unbranched alkanes of at least 4 members (excludes halogenated alkanes) is 2. The number of aromatic amines is 1. The van der Waals surface area contributed by atoms with Crippen molar-refractivity contribution >= 4 is 17.7 Å². The highest BCUT2D eigenvalue weighted by Gasteiger charge is 2.00. The van der Waals surface area contributed by atoms with Gasteiger partial charge in [0.05, 0.1) is 0 Å². The van der Waals surface area contributed by atoms with Crippen molar-refractivity contribution in [2.75, 3.05) is 5.75 Å². The number of aromatic nitrogens is 2. The van der Waals surface area contributed by atoms with Crippen LogP contribution < -0.4 is 16.8 Å². The number of H-pyrrole nitrogens is 1. The Morgan fingerprint density at radius 3 is 2.94 bits per heavy atom. The summed E-state index contributed by atoms with van der Waals surface area (Å²) in [6.45, 7) is 1.80. The second-order valence-electron chi connectivity index (χ2n) is 3.92. The van der Waals surface area contributed by atoms with Gasteiger partial charge in [0.2, 0.25) is 5.91 Å². The Morgan fingerprint density at radius 2 is 2.28 bits per heavy atom. The maximum absolute atomic E-state index is 11.2. The van der Waals surface area contributed by atoms with Gasteiger partial charge in [-0.25, -0.2) is 10.8 Å². The van der Waals surface area contributed by atoms with E-state index in [1.54, 1.807) is 6.92 Å². The van der Waals surface area contributed by atoms with Gasteiger partial charge in [0.15, 0.2) is 5.16 Å².